The predicted molar refractivity (Wildman–Crippen MR) is 238 cm³/mol. The predicted octanol–water partition coefficient (Wildman–Crippen LogP) is 7.09. The van der Waals surface area contributed by atoms with Crippen LogP contribution in [0.5, 0.6) is 5.75 Å². The number of ether oxygens (including phenoxy) is 5. The van der Waals surface area contributed by atoms with Crippen LogP contribution in [0.3, 0.4) is 0 Å². The SMILES string of the molecule is COC[C@H]1C[C@@H](c2ncc(-c3ccc4c(c3)COc3cc5c(ccc6[nH]c(C7C[C@H](COC(F)F)CN7C(=O)[C@@H](NC(=O)OC)C(C)C)nc65)cc3-4)[nH]2)N(C(=O)C(NC(=O)OC)C(C)C)C1. The first-order valence-corrected chi connectivity index (χ1v) is 22.1. The van der Waals surface area contributed by atoms with E-state index in [4.69, 9.17) is 28.9 Å². The molecule has 4 N–H and O–H groups in total. The molecule has 0 aliphatic carbocycles. The van der Waals surface area contributed by atoms with Crippen molar-refractivity contribution in [1.82, 2.24) is 40.4 Å². The molecule has 352 valence electrons. The van der Waals surface area contributed by atoms with Crippen LogP contribution in [0.2, 0.25) is 0 Å². The zero-order chi connectivity index (χ0) is 47.0. The maximum absolute atomic E-state index is 14.1. The molecule has 2 fully saturated rings. The highest BCUT2D eigenvalue weighted by molar-refractivity contribution is 6.07. The Morgan fingerprint density at radius 1 is 0.803 bits per heavy atom. The summed E-state index contributed by atoms with van der Waals surface area (Å²) in [4.78, 5) is 72.4. The summed E-state index contributed by atoms with van der Waals surface area (Å²) in [6.45, 7) is 5.52. The first-order valence-electron chi connectivity index (χ1n) is 22.1. The van der Waals surface area contributed by atoms with Crippen LogP contribution in [-0.4, -0.2) is 120 Å². The number of H-pyrrole nitrogens is 2. The largest absolute Gasteiger partial charge is 0.488 e. The molecule has 2 saturated heterocycles. The number of likely N-dealkylation sites (tertiary alicyclic amines) is 2. The summed E-state index contributed by atoms with van der Waals surface area (Å²) >= 11 is 0. The van der Waals surface area contributed by atoms with Crippen molar-refractivity contribution in [2.24, 2.45) is 23.7 Å². The highest BCUT2D eigenvalue weighted by Crippen LogP contribution is 2.44. The normalized spacial score (nSPS) is 20.1. The second-order valence-corrected chi connectivity index (χ2v) is 18.0. The summed E-state index contributed by atoms with van der Waals surface area (Å²) in [5, 5.41) is 7.07. The lowest BCUT2D eigenvalue weighted by molar-refractivity contribution is -0.139. The van der Waals surface area contributed by atoms with Gasteiger partial charge in [0.05, 0.1) is 62.4 Å². The number of hydrogen-bond donors (Lipinski definition) is 4. The molecule has 5 heterocycles. The Morgan fingerprint density at radius 3 is 2.05 bits per heavy atom. The number of halogens is 2. The third-order valence-electron chi connectivity index (χ3n) is 12.9. The number of aromatic amines is 2. The molecule has 19 heteroatoms. The fourth-order valence-electron chi connectivity index (χ4n) is 9.58. The highest BCUT2D eigenvalue weighted by atomic mass is 19.3. The van der Waals surface area contributed by atoms with Crippen molar-refractivity contribution in [2.45, 2.75) is 77.9 Å². The first-order chi connectivity index (χ1) is 31.7. The summed E-state index contributed by atoms with van der Waals surface area (Å²) in [5.41, 5.74) is 5.95. The Hall–Kier alpha value is -6.34. The van der Waals surface area contributed by atoms with Crippen LogP contribution in [0.15, 0.2) is 48.7 Å². The molecule has 0 bridgehead atoms. The summed E-state index contributed by atoms with van der Waals surface area (Å²) in [6, 6.07) is 11.5. The Labute approximate surface area is 380 Å². The second kappa shape index (κ2) is 19.2. The van der Waals surface area contributed by atoms with Crippen molar-refractivity contribution in [3.05, 3.63) is 65.9 Å². The number of fused-ring (bicyclic) bond motifs is 6. The van der Waals surface area contributed by atoms with Gasteiger partial charge in [-0.2, -0.15) is 8.78 Å². The topological polar surface area (TPSA) is 202 Å². The number of nitrogens with zero attached hydrogens (tertiary/aromatic N) is 4. The van der Waals surface area contributed by atoms with Crippen molar-refractivity contribution in [3.63, 3.8) is 0 Å². The van der Waals surface area contributed by atoms with Gasteiger partial charge in [-0.25, -0.2) is 19.6 Å². The van der Waals surface area contributed by atoms with Crippen LogP contribution < -0.4 is 15.4 Å². The molecule has 0 radical (unpaired) electrons. The molecule has 2 aromatic heterocycles. The second-order valence-electron chi connectivity index (χ2n) is 18.0. The number of alkyl halides is 2. The van der Waals surface area contributed by atoms with Gasteiger partial charge in [0, 0.05) is 43.0 Å². The maximum atomic E-state index is 14.1. The summed E-state index contributed by atoms with van der Waals surface area (Å²) in [6.07, 6.45) is 1.30. The zero-order valence-corrected chi connectivity index (χ0v) is 38.0. The smallest absolute Gasteiger partial charge is 0.407 e. The molecule has 3 aliphatic rings. The van der Waals surface area contributed by atoms with E-state index in [1.54, 1.807) is 37.0 Å². The molecule has 5 aromatic rings. The Balaban J connectivity index is 1.06. The number of alkyl carbamates (subject to hydrolysis) is 2. The molecule has 3 aliphatic heterocycles. The van der Waals surface area contributed by atoms with E-state index < -0.39 is 42.8 Å². The van der Waals surface area contributed by atoms with Gasteiger partial charge in [0.25, 0.3) is 0 Å². The number of nitrogens with one attached hydrogen (secondary N) is 4. The van der Waals surface area contributed by atoms with Crippen LogP contribution in [-0.2, 0) is 35.1 Å². The van der Waals surface area contributed by atoms with Crippen molar-refractivity contribution in [2.75, 3.05) is 47.6 Å². The molecule has 0 spiro atoms. The third-order valence-corrected chi connectivity index (χ3v) is 12.9. The van der Waals surface area contributed by atoms with Crippen LogP contribution >= 0.6 is 0 Å². The standard InChI is InChI=1S/C47H56F2N8O9/c1-23(2)38(54-46(60)63-6)43(58)56-18-25(20-62-5)12-35(56)41-50-17-34(52-41)28-8-10-30-29(14-28)22-65-37-16-31-27(15-32(30)37)9-11-33-40(31)53-42(51-33)36-13-26(21-66-45(48)49)19-57(36)44(59)39(24(3)4)55-47(61)64-7/h8-11,14-17,23-26,35-36,38-39,45H,12-13,18-22H2,1-7H3,(H,50,52)(H,51,53)(H,54,60)(H,55,61)/t25-,26-,35-,36?,38?,39-/m0/s1. The van der Waals surface area contributed by atoms with E-state index in [2.05, 4.69) is 43.5 Å². The minimum absolute atomic E-state index is 0.0797. The Morgan fingerprint density at radius 2 is 1.44 bits per heavy atom. The maximum Gasteiger partial charge on any atom is 0.407 e. The molecule has 66 heavy (non-hydrogen) atoms. The molecule has 3 aromatic carbocycles. The van der Waals surface area contributed by atoms with Gasteiger partial charge in [-0.05, 0) is 71.0 Å². The minimum Gasteiger partial charge on any atom is -0.488 e. The van der Waals surface area contributed by atoms with Crippen LogP contribution in [0.25, 0.3) is 44.2 Å². The van der Waals surface area contributed by atoms with E-state index >= 15 is 0 Å². The van der Waals surface area contributed by atoms with E-state index in [1.165, 1.54) is 14.2 Å². The van der Waals surface area contributed by atoms with Gasteiger partial charge in [0.1, 0.15) is 36.1 Å². The quantitative estimate of drug-likeness (QED) is 0.0886. The van der Waals surface area contributed by atoms with Crippen LogP contribution in [0, 0.1) is 23.7 Å². The van der Waals surface area contributed by atoms with Gasteiger partial charge in [-0.1, -0.05) is 45.9 Å². The minimum atomic E-state index is -2.95. The number of carbonyl (C=O) groups is 4. The Bertz CT molecular complexity index is 2620. The number of aromatic nitrogens is 4. The van der Waals surface area contributed by atoms with Crippen molar-refractivity contribution >= 4 is 45.8 Å². The van der Waals surface area contributed by atoms with E-state index in [0.717, 1.165) is 44.2 Å². The van der Waals surface area contributed by atoms with E-state index in [-0.39, 0.29) is 48.8 Å². The Kier molecular flexibility index (Phi) is 13.5. The third kappa shape index (κ3) is 9.22. The molecule has 17 nitrogen and oxygen atoms in total. The van der Waals surface area contributed by atoms with Gasteiger partial charge >= 0.3 is 18.8 Å². The molecule has 6 atom stereocenters. The average molecular weight is 915 g/mol. The highest BCUT2D eigenvalue weighted by Gasteiger charge is 2.43. The van der Waals surface area contributed by atoms with Gasteiger partial charge in [-0.3, -0.25) is 9.59 Å². The van der Waals surface area contributed by atoms with Gasteiger partial charge in [-0.15, -0.1) is 0 Å². The number of amides is 4. The summed E-state index contributed by atoms with van der Waals surface area (Å²) < 4.78 is 52.4. The summed E-state index contributed by atoms with van der Waals surface area (Å²) in [7, 11) is 4.13. The van der Waals surface area contributed by atoms with Gasteiger partial charge in [0.2, 0.25) is 11.8 Å². The molecule has 0 saturated carbocycles. The lowest BCUT2D eigenvalue weighted by Crippen LogP contribution is -2.51. The van der Waals surface area contributed by atoms with Gasteiger partial charge in [0.15, 0.2) is 0 Å². The van der Waals surface area contributed by atoms with E-state index in [1.807, 2.05) is 38.1 Å². The number of rotatable bonds is 14. The van der Waals surface area contributed by atoms with E-state index in [9.17, 15) is 28.0 Å². The zero-order valence-electron chi connectivity index (χ0n) is 38.0. The van der Waals surface area contributed by atoms with Crippen LogP contribution in [0.4, 0.5) is 18.4 Å². The lowest BCUT2D eigenvalue weighted by Gasteiger charge is -2.30. The fourth-order valence-corrected chi connectivity index (χ4v) is 9.58. The molecular weight excluding hydrogens is 859 g/mol. The lowest BCUT2D eigenvalue weighted by atomic mass is 9.92. The van der Waals surface area contributed by atoms with E-state index in [0.29, 0.717) is 55.5 Å². The fraction of sp³-hybridized carbons (Fsp3) is 0.489. The number of imidazole rings is 2. The van der Waals surface area contributed by atoms with Crippen molar-refractivity contribution in [3.8, 4) is 28.1 Å². The van der Waals surface area contributed by atoms with Gasteiger partial charge < -0.3 is 54.1 Å². The molecule has 2 unspecified atom stereocenters. The average Bonchev–Trinajstić information content (AvgIpc) is 4.13. The molecular formula is C47H56F2N8O9. The molecule has 8 rings (SSSR count). The monoisotopic (exact) mass is 914 g/mol. The van der Waals surface area contributed by atoms with Crippen molar-refractivity contribution < 1.29 is 51.6 Å². The number of benzene rings is 3. The number of methoxy groups -OCH3 is 3. The van der Waals surface area contributed by atoms with Crippen molar-refractivity contribution in [1.29, 1.82) is 0 Å². The first kappa shape index (κ1) is 46.2. The van der Waals surface area contributed by atoms with Crippen LogP contribution in [0.1, 0.15) is 69.8 Å². The molecule has 4 amide bonds. The number of hydrogen-bond acceptors (Lipinski definition) is 11. The summed E-state index contributed by atoms with van der Waals surface area (Å²) in [5.74, 6) is 0.420. The number of carbonyl (C=O) groups excluding carboxylic acids is 4.